The summed E-state index contributed by atoms with van der Waals surface area (Å²) in [6.07, 6.45) is 8.79. The molecule has 0 aromatic carbocycles. The summed E-state index contributed by atoms with van der Waals surface area (Å²) in [5.41, 5.74) is 0. The van der Waals surface area contributed by atoms with Gasteiger partial charge in [-0.1, -0.05) is 0 Å². The Morgan fingerprint density at radius 2 is 2.56 bits per heavy atom. The van der Waals surface area contributed by atoms with Gasteiger partial charge in [-0.3, -0.25) is 4.68 Å². The normalized spacial score (nSPS) is 20.2. The second kappa shape index (κ2) is 5.89. The highest BCUT2D eigenvalue weighted by Crippen LogP contribution is 2.17. The molecule has 1 aromatic rings. The fourth-order valence-electron chi connectivity index (χ4n) is 1.97. The number of ether oxygens (including phenoxy) is 2. The summed E-state index contributed by atoms with van der Waals surface area (Å²) in [7, 11) is 0. The summed E-state index contributed by atoms with van der Waals surface area (Å²) in [6, 6.07) is 0. The molecule has 0 N–H and O–H groups in total. The summed E-state index contributed by atoms with van der Waals surface area (Å²) in [6.45, 7) is 4.65. The van der Waals surface area contributed by atoms with Crippen molar-refractivity contribution in [3.8, 4) is 5.75 Å². The molecule has 2 heterocycles. The first-order valence-electron chi connectivity index (χ1n) is 6.15. The van der Waals surface area contributed by atoms with Crippen LogP contribution in [0.2, 0.25) is 0 Å². The van der Waals surface area contributed by atoms with Crippen molar-refractivity contribution in [1.82, 2.24) is 9.78 Å². The van der Waals surface area contributed by atoms with Gasteiger partial charge in [-0.05, 0) is 32.6 Å². The summed E-state index contributed by atoms with van der Waals surface area (Å²) < 4.78 is 13.0. The average Bonchev–Trinajstić information content (AvgIpc) is 2.95. The molecule has 1 aliphatic rings. The highest BCUT2D eigenvalue weighted by Gasteiger charge is 2.14. The van der Waals surface area contributed by atoms with Gasteiger partial charge in [0.05, 0.1) is 25.1 Å². The molecule has 0 radical (unpaired) electrons. The third-order valence-corrected chi connectivity index (χ3v) is 2.90. The molecule has 1 atom stereocenters. The first-order valence-corrected chi connectivity index (χ1v) is 6.15. The van der Waals surface area contributed by atoms with Crippen molar-refractivity contribution in [2.75, 3.05) is 13.2 Å². The molecule has 1 aliphatic heterocycles. The molecule has 16 heavy (non-hydrogen) atoms. The Balaban J connectivity index is 1.60. The van der Waals surface area contributed by atoms with E-state index in [1.165, 1.54) is 12.8 Å². The van der Waals surface area contributed by atoms with Crippen LogP contribution in [-0.4, -0.2) is 29.1 Å². The molecule has 0 amide bonds. The summed E-state index contributed by atoms with van der Waals surface area (Å²) >= 11 is 0. The monoisotopic (exact) mass is 224 g/mol. The van der Waals surface area contributed by atoms with Crippen LogP contribution in [0.1, 0.15) is 32.6 Å². The zero-order valence-corrected chi connectivity index (χ0v) is 9.89. The quantitative estimate of drug-likeness (QED) is 0.695. The van der Waals surface area contributed by atoms with Gasteiger partial charge < -0.3 is 9.47 Å². The topological polar surface area (TPSA) is 36.3 Å². The third-order valence-electron chi connectivity index (χ3n) is 2.90. The van der Waals surface area contributed by atoms with Crippen LogP contribution in [0, 0.1) is 0 Å². The lowest BCUT2D eigenvalue weighted by molar-refractivity contribution is 0.0981. The number of aromatic nitrogens is 2. The molecule has 4 heteroatoms. The largest absolute Gasteiger partial charge is 0.490 e. The average molecular weight is 224 g/mol. The molecule has 1 aromatic heterocycles. The summed E-state index contributed by atoms with van der Waals surface area (Å²) in [5.74, 6) is 0.870. The molecule has 4 nitrogen and oxygen atoms in total. The molecular formula is C12H20N2O2. The van der Waals surface area contributed by atoms with Crippen LogP contribution >= 0.6 is 0 Å². The van der Waals surface area contributed by atoms with E-state index in [0.717, 1.165) is 38.3 Å². The molecule has 0 saturated carbocycles. The number of hydrogen-bond acceptors (Lipinski definition) is 3. The smallest absolute Gasteiger partial charge is 0.157 e. The van der Waals surface area contributed by atoms with E-state index in [9.17, 15) is 0 Å². The minimum Gasteiger partial charge on any atom is -0.490 e. The molecule has 1 unspecified atom stereocenters. The first-order chi connectivity index (χ1) is 7.88. The number of hydrogen-bond donors (Lipinski definition) is 0. The predicted octanol–water partition coefficient (Wildman–Crippen LogP) is 2.24. The van der Waals surface area contributed by atoms with E-state index in [4.69, 9.17) is 9.47 Å². The van der Waals surface area contributed by atoms with Crippen molar-refractivity contribution >= 4 is 0 Å². The second-order valence-corrected chi connectivity index (χ2v) is 4.16. The Labute approximate surface area is 96.5 Å². The molecule has 90 valence electrons. The van der Waals surface area contributed by atoms with Crippen LogP contribution in [-0.2, 0) is 11.3 Å². The van der Waals surface area contributed by atoms with Crippen LogP contribution in [0.3, 0.4) is 0 Å². The first kappa shape index (κ1) is 11.5. The molecule has 1 saturated heterocycles. The van der Waals surface area contributed by atoms with Crippen LogP contribution < -0.4 is 4.74 Å². The van der Waals surface area contributed by atoms with Gasteiger partial charge in [0.1, 0.15) is 0 Å². The van der Waals surface area contributed by atoms with Crippen molar-refractivity contribution in [1.29, 1.82) is 0 Å². The Morgan fingerprint density at radius 3 is 3.25 bits per heavy atom. The number of aryl methyl sites for hydroxylation is 1. The fourth-order valence-corrected chi connectivity index (χ4v) is 1.97. The van der Waals surface area contributed by atoms with Crippen molar-refractivity contribution in [2.45, 2.75) is 45.3 Å². The molecule has 0 aliphatic carbocycles. The Hall–Kier alpha value is -1.03. The third kappa shape index (κ3) is 3.23. The Bertz CT molecular complexity index is 306. The van der Waals surface area contributed by atoms with Crippen LogP contribution in [0.4, 0.5) is 0 Å². The highest BCUT2D eigenvalue weighted by atomic mass is 16.5. The van der Waals surface area contributed by atoms with Gasteiger partial charge in [0, 0.05) is 13.2 Å². The van der Waals surface area contributed by atoms with E-state index < -0.39 is 0 Å². The molecule has 0 spiro atoms. The maximum Gasteiger partial charge on any atom is 0.157 e. The van der Waals surface area contributed by atoms with Crippen molar-refractivity contribution in [3.63, 3.8) is 0 Å². The number of rotatable bonds is 6. The van der Waals surface area contributed by atoms with Crippen LogP contribution in [0.25, 0.3) is 0 Å². The van der Waals surface area contributed by atoms with E-state index in [0.29, 0.717) is 6.10 Å². The maximum absolute atomic E-state index is 5.61. The van der Waals surface area contributed by atoms with E-state index in [1.54, 1.807) is 6.20 Å². The lowest BCUT2D eigenvalue weighted by Gasteiger charge is -2.08. The predicted molar refractivity (Wildman–Crippen MR) is 61.6 cm³/mol. The van der Waals surface area contributed by atoms with Gasteiger partial charge >= 0.3 is 0 Å². The minimum absolute atomic E-state index is 0.474. The van der Waals surface area contributed by atoms with Crippen molar-refractivity contribution in [2.24, 2.45) is 0 Å². The van der Waals surface area contributed by atoms with E-state index >= 15 is 0 Å². The zero-order chi connectivity index (χ0) is 11.2. The van der Waals surface area contributed by atoms with Gasteiger partial charge in [0.15, 0.2) is 5.75 Å². The van der Waals surface area contributed by atoms with E-state index in [2.05, 4.69) is 12.0 Å². The standard InChI is InChI=1S/C12H20N2O2/c1-2-14-10-12(9-13-14)16-8-4-6-11-5-3-7-15-11/h9-11H,2-8H2,1H3. The Kier molecular flexibility index (Phi) is 4.22. The highest BCUT2D eigenvalue weighted by molar-refractivity contribution is 5.11. The molecule has 0 bridgehead atoms. The molecule has 1 fully saturated rings. The zero-order valence-electron chi connectivity index (χ0n) is 9.89. The van der Waals surface area contributed by atoms with Gasteiger partial charge in [-0.25, -0.2) is 0 Å². The van der Waals surface area contributed by atoms with Gasteiger partial charge in [0.25, 0.3) is 0 Å². The number of nitrogens with zero attached hydrogens (tertiary/aromatic N) is 2. The van der Waals surface area contributed by atoms with Gasteiger partial charge in [-0.15, -0.1) is 0 Å². The summed E-state index contributed by atoms with van der Waals surface area (Å²) in [5, 5.41) is 4.16. The second-order valence-electron chi connectivity index (χ2n) is 4.16. The van der Waals surface area contributed by atoms with Crippen LogP contribution in [0.5, 0.6) is 5.75 Å². The van der Waals surface area contributed by atoms with Gasteiger partial charge in [0.2, 0.25) is 0 Å². The van der Waals surface area contributed by atoms with Crippen LogP contribution in [0.15, 0.2) is 12.4 Å². The lowest BCUT2D eigenvalue weighted by Crippen LogP contribution is -2.07. The van der Waals surface area contributed by atoms with E-state index in [1.807, 2.05) is 10.9 Å². The Morgan fingerprint density at radius 1 is 1.62 bits per heavy atom. The lowest BCUT2D eigenvalue weighted by atomic mass is 10.1. The van der Waals surface area contributed by atoms with Crippen molar-refractivity contribution in [3.05, 3.63) is 12.4 Å². The summed E-state index contributed by atoms with van der Waals surface area (Å²) in [4.78, 5) is 0. The molecule has 2 rings (SSSR count). The SMILES string of the molecule is CCn1cc(OCCCC2CCCO2)cn1. The minimum atomic E-state index is 0.474. The maximum atomic E-state index is 5.61. The molecular weight excluding hydrogens is 204 g/mol. The van der Waals surface area contributed by atoms with Crippen molar-refractivity contribution < 1.29 is 9.47 Å². The van der Waals surface area contributed by atoms with E-state index in [-0.39, 0.29) is 0 Å². The fraction of sp³-hybridized carbons (Fsp3) is 0.750. The van der Waals surface area contributed by atoms with Gasteiger partial charge in [-0.2, -0.15) is 5.10 Å².